The minimum Gasteiger partial charge on any atom is -0.494 e. The van der Waals surface area contributed by atoms with Gasteiger partial charge in [0.15, 0.2) is 0 Å². The molecular weight excluding hydrogens is 376 g/mol. The number of fused-ring (bicyclic) bond motifs is 1. The second-order valence-electron chi connectivity index (χ2n) is 7.08. The normalized spacial score (nSPS) is 10.9. The van der Waals surface area contributed by atoms with Crippen molar-refractivity contribution in [3.63, 3.8) is 0 Å². The monoisotopic (exact) mass is 400 g/mol. The van der Waals surface area contributed by atoms with Crippen LogP contribution in [0.15, 0.2) is 78.9 Å². The molecule has 4 rings (SSSR count). The first-order chi connectivity index (χ1) is 14.3. The summed E-state index contributed by atoms with van der Waals surface area (Å²) < 4.78 is 6.91. The molecule has 0 radical (unpaired) electrons. The van der Waals surface area contributed by atoms with E-state index >= 15 is 0 Å². The van der Waals surface area contributed by atoms with Gasteiger partial charge in [0.1, 0.15) is 5.75 Å². The molecule has 0 N–H and O–H groups in total. The van der Waals surface area contributed by atoms with Crippen LogP contribution in [0.2, 0.25) is 0 Å². The summed E-state index contributed by atoms with van der Waals surface area (Å²) in [5, 5.41) is 1.13. The van der Waals surface area contributed by atoms with Crippen LogP contribution in [0.1, 0.15) is 41.4 Å². The predicted molar refractivity (Wildman–Crippen MR) is 122 cm³/mol. The van der Waals surface area contributed by atoms with Crippen LogP contribution in [0, 0.1) is 0 Å². The summed E-state index contributed by atoms with van der Waals surface area (Å²) >= 11 is 1.56. The largest absolute Gasteiger partial charge is 0.494 e. The molecule has 3 aromatic carbocycles. The lowest BCUT2D eigenvalue weighted by Gasteiger charge is -2.08. The summed E-state index contributed by atoms with van der Waals surface area (Å²) in [4.78, 5) is 14.2. The van der Waals surface area contributed by atoms with E-state index in [0.29, 0.717) is 5.56 Å². The molecule has 146 valence electrons. The SMILES string of the molecule is CCCCCOc1ccc(C(=O)c2sc3ccccc3c2-c2ccccc2)cc1. The molecule has 0 amide bonds. The maximum atomic E-state index is 13.4. The van der Waals surface area contributed by atoms with Gasteiger partial charge in [0, 0.05) is 21.2 Å². The molecule has 0 saturated heterocycles. The van der Waals surface area contributed by atoms with E-state index in [-0.39, 0.29) is 5.78 Å². The summed E-state index contributed by atoms with van der Waals surface area (Å²) in [6.45, 7) is 2.90. The van der Waals surface area contributed by atoms with Crippen LogP contribution >= 0.6 is 11.3 Å². The average Bonchev–Trinajstić information content (AvgIpc) is 3.17. The first-order valence-electron chi connectivity index (χ1n) is 10.1. The second kappa shape index (κ2) is 9.06. The van der Waals surface area contributed by atoms with Crippen LogP contribution in [-0.4, -0.2) is 12.4 Å². The summed E-state index contributed by atoms with van der Waals surface area (Å²) in [5.41, 5.74) is 2.79. The van der Waals surface area contributed by atoms with E-state index in [9.17, 15) is 4.79 Å². The Balaban J connectivity index is 1.65. The highest BCUT2D eigenvalue weighted by molar-refractivity contribution is 7.21. The fourth-order valence-electron chi connectivity index (χ4n) is 3.47. The molecule has 0 saturated carbocycles. The minimum absolute atomic E-state index is 0.0580. The number of rotatable bonds is 8. The van der Waals surface area contributed by atoms with Crippen molar-refractivity contribution in [2.24, 2.45) is 0 Å². The van der Waals surface area contributed by atoms with Crippen LogP contribution in [0.25, 0.3) is 21.2 Å². The molecule has 0 unspecified atom stereocenters. The van der Waals surface area contributed by atoms with Crippen molar-refractivity contribution >= 4 is 27.2 Å². The first kappa shape index (κ1) is 19.4. The molecule has 3 heteroatoms. The topological polar surface area (TPSA) is 26.3 Å². The van der Waals surface area contributed by atoms with Crippen molar-refractivity contribution in [1.29, 1.82) is 0 Å². The molecule has 1 aromatic heterocycles. The van der Waals surface area contributed by atoms with Gasteiger partial charge in [-0.25, -0.2) is 0 Å². The maximum absolute atomic E-state index is 13.4. The smallest absolute Gasteiger partial charge is 0.203 e. The van der Waals surface area contributed by atoms with Crippen molar-refractivity contribution in [3.8, 4) is 16.9 Å². The number of ketones is 1. The fraction of sp³-hybridized carbons (Fsp3) is 0.192. The van der Waals surface area contributed by atoms with Crippen molar-refractivity contribution < 1.29 is 9.53 Å². The zero-order chi connectivity index (χ0) is 20.1. The van der Waals surface area contributed by atoms with Gasteiger partial charge in [-0.15, -0.1) is 11.3 Å². The Morgan fingerprint density at radius 1 is 0.862 bits per heavy atom. The zero-order valence-corrected chi connectivity index (χ0v) is 17.4. The first-order valence-corrected chi connectivity index (χ1v) is 10.9. The van der Waals surface area contributed by atoms with Crippen molar-refractivity contribution in [2.75, 3.05) is 6.61 Å². The molecular formula is C26H24O2S. The van der Waals surface area contributed by atoms with E-state index < -0.39 is 0 Å². The van der Waals surface area contributed by atoms with Crippen LogP contribution in [-0.2, 0) is 0 Å². The number of ether oxygens (including phenoxy) is 1. The third-order valence-electron chi connectivity index (χ3n) is 5.00. The van der Waals surface area contributed by atoms with E-state index in [1.807, 2.05) is 54.6 Å². The highest BCUT2D eigenvalue weighted by Crippen LogP contribution is 2.39. The van der Waals surface area contributed by atoms with E-state index in [4.69, 9.17) is 4.74 Å². The minimum atomic E-state index is 0.0580. The van der Waals surface area contributed by atoms with E-state index in [1.54, 1.807) is 11.3 Å². The van der Waals surface area contributed by atoms with Gasteiger partial charge in [-0.1, -0.05) is 68.3 Å². The lowest BCUT2D eigenvalue weighted by molar-refractivity contribution is 0.104. The Kier molecular flexibility index (Phi) is 6.06. The highest BCUT2D eigenvalue weighted by Gasteiger charge is 2.20. The van der Waals surface area contributed by atoms with Crippen molar-refractivity contribution in [2.45, 2.75) is 26.2 Å². The summed E-state index contributed by atoms with van der Waals surface area (Å²) in [6.07, 6.45) is 3.40. The molecule has 0 aliphatic carbocycles. The highest BCUT2D eigenvalue weighted by atomic mass is 32.1. The lowest BCUT2D eigenvalue weighted by atomic mass is 9.98. The van der Waals surface area contributed by atoms with Gasteiger partial charge in [0.25, 0.3) is 0 Å². The molecule has 2 nitrogen and oxygen atoms in total. The van der Waals surface area contributed by atoms with Gasteiger partial charge < -0.3 is 4.74 Å². The number of unbranched alkanes of at least 4 members (excludes halogenated alkanes) is 2. The Bertz CT molecular complexity index is 1090. The number of carbonyl (C=O) groups is 1. The van der Waals surface area contributed by atoms with Crippen molar-refractivity contribution in [3.05, 3.63) is 89.3 Å². The van der Waals surface area contributed by atoms with Gasteiger partial charge in [0.05, 0.1) is 11.5 Å². The third-order valence-corrected chi connectivity index (χ3v) is 6.17. The zero-order valence-electron chi connectivity index (χ0n) is 16.6. The van der Waals surface area contributed by atoms with Gasteiger partial charge >= 0.3 is 0 Å². The molecule has 4 aromatic rings. The summed E-state index contributed by atoms with van der Waals surface area (Å²) in [5.74, 6) is 0.875. The molecule has 0 atom stereocenters. The predicted octanol–water partition coefficient (Wildman–Crippen LogP) is 7.37. The van der Waals surface area contributed by atoms with Gasteiger partial charge in [-0.2, -0.15) is 0 Å². The second-order valence-corrected chi connectivity index (χ2v) is 8.13. The summed E-state index contributed by atoms with van der Waals surface area (Å²) in [6, 6.07) is 25.9. The van der Waals surface area contributed by atoms with Crippen LogP contribution < -0.4 is 4.74 Å². The number of carbonyl (C=O) groups excluding carboxylic acids is 1. The molecule has 29 heavy (non-hydrogen) atoms. The molecule has 0 spiro atoms. The molecule has 0 aliphatic heterocycles. The fourth-order valence-corrected chi connectivity index (χ4v) is 4.66. The standard InChI is InChI=1S/C26H24O2S/c1-2-3-9-18-28-21-16-14-20(15-17-21)25(27)26-24(19-10-5-4-6-11-19)22-12-7-8-13-23(22)29-26/h4-8,10-17H,2-3,9,18H2,1H3. The molecule has 1 heterocycles. The van der Waals surface area contributed by atoms with Crippen LogP contribution in [0.5, 0.6) is 5.75 Å². The number of benzene rings is 3. The Morgan fingerprint density at radius 3 is 2.34 bits per heavy atom. The quantitative estimate of drug-likeness (QED) is 0.228. The number of hydrogen-bond acceptors (Lipinski definition) is 3. The number of thiophene rings is 1. The lowest BCUT2D eigenvalue weighted by Crippen LogP contribution is -2.01. The van der Waals surface area contributed by atoms with E-state index in [2.05, 4.69) is 31.2 Å². The van der Waals surface area contributed by atoms with Crippen LogP contribution in [0.3, 0.4) is 0 Å². The Morgan fingerprint density at radius 2 is 1.59 bits per heavy atom. The van der Waals surface area contributed by atoms with Crippen molar-refractivity contribution in [1.82, 2.24) is 0 Å². The third kappa shape index (κ3) is 4.25. The van der Waals surface area contributed by atoms with E-state index in [1.165, 1.54) is 12.8 Å². The maximum Gasteiger partial charge on any atom is 0.203 e. The Hall–Kier alpha value is -2.91. The van der Waals surface area contributed by atoms with Gasteiger partial charge in [-0.3, -0.25) is 4.79 Å². The van der Waals surface area contributed by atoms with Gasteiger partial charge in [0.2, 0.25) is 5.78 Å². The van der Waals surface area contributed by atoms with E-state index in [0.717, 1.165) is 44.9 Å². The molecule has 0 aliphatic rings. The molecule has 0 bridgehead atoms. The van der Waals surface area contributed by atoms with Crippen LogP contribution in [0.4, 0.5) is 0 Å². The van der Waals surface area contributed by atoms with Gasteiger partial charge in [-0.05, 0) is 42.3 Å². The molecule has 0 fully saturated rings. The summed E-state index contributed by atoms with van der Waals surface area (Å²) in [7, 11) is 0. The number of hydrogen-bond donors (Lipinski definition) is 0. The Labute approximate surface area is 175 Å². The average molecular weight is 401 g/mol.